The minimum atomic E-state index is -0.112. The maximum Gasteiger partial charge on any atom is 0.317 e. The standard InChI is InChI=1S/C26H37N3O4/c1-2-3-16-33-24-8-5-4-7-23(24)29(20-10-11-20)26(31)27-15-6-17-32-21-12-13-22-19(18-21)9-14-25(30)28-22/h9,12-14,18,20,23-24H,2-8,10-11,15-17H2,1H3,(H,27,31)(H,28,30)/t23-,24-/m0/s1. The normalized spacial score (nSPS) is 20.5. The summed E-state index contributed by atoms with van der Waals surface area (Å²) in [5.41, 5.74) is 0.682. The summed E-state index contributed by atoms with van der Waals surface area (Å²) in [6.45, 7) is 4.07. The molecule has 2 amide bonds. The maximum atomic E-state index is 13.1. The molecule has 0 saturated heterocycles. The first-order chi connectivity index (χ1) is 16.2. The Balaban J connectivity index is 1.24. The van der Waals surface area contributed by atoms with Crippen molar-refractivity contribution in [3.05, 3.63) is 40.7 Å². The topological polar surface area (TPSA) is 83.7 Å². The van der Waals surface area contributed by atoms with Crippen LogP contribution in [0.3, 0.4) is 0 Å². The molecule has 2 saturated carbocycles. The zero-order chi connectivity index (χ0) is 23.0. The van der Waals surface area contributed by atoms with Crippen molar-refractivity contribution >= 4 is 16.9 Å². The van der Waals surface area contributed by atoms with Gasteiger partial charge in [0.2, 0.25) is 5.56 Å². The summed E-state index contributed by atoms with van der Waals surface area (Å²) >= 11 is 0. The molecule has 1 aromatic carbocycles. The molecule has 0 bridgehead atoms. The van der Waals surface area contributed by atoms with E-state index in [0.29, 0.717) is 19.2 Å². The van der Waals surface area contributed by atoms with Gasteiger partial charge in [-0.05, 0) is 62.8 Å². The molecule has 2 atom stereocenters. The Hall–Kier alpha value is -2.54. The van der Waals surface area contributed by atoms with Crippen LogP contribution < -0.4 is 15.6 Å². The number of carbonyl (C=O) groups is 1. The smallest absolute Gasteiger partial charge is 0.317 e. The summed E-state index contributed by atoms with van der Waals surface area (Å²) < 4.78 is 12.1. The number of amides is 2. The zero-order valence-electron chi connectivity index (χ0n) is 19.7. The van der Waals surface area contributed by atoms with E-state index in [2.05, 4.69) is 22.1 Å². The summed E-state index contributed by atoms with van der Waals surface area (Å²) in [7, 11) is 0. The van der Waals surface area contributed by atoms with Gasteiger partial charge in [0, 0.05) is 36.2 Å². The third-order valence-electron chi connectivity index (χ3n) is 6.59. The van der Waals surface area contributed by atoms with E-state index in [0.717, 1.165) is 68.2 Å². The summed E-state index contributed by atoms with van der Waals surface area (Å²) in [4.78, 5) is 29.4. The van der Waals surface area contributed by atoms with E-state index in [1.807, 2.05) is 18.2 Å². The van der Waals surface area contributed by atoms with Gasteiger partial charge in [0.15, 0.2) is 0 Å². The molecule has 0 unspecified atom stereocenters. The highest BCUT2D eigenvalue weighted by atomic mass is 16.5. The second-order valence-electron chi connectivity index (χ2n) is 9.26. The molecule has 1 heterocycles. The number of aromatic amines is 1. The fourth-order valence-electron chi connectivity index (χ4n) is 4.68. The predicted octanol–water partition coefficient (Wildman–Crippen LogP) is 4.60. The summed E-state index contributed by atoms with van der Waals surface area (Å²) in [5.74, 6) is 0.759. The van der Waals surface area contributed by atoms with Crippen molar-refractivity contribution < 1.29 is 14.3 Å². The highest BCUT2D eigenvalue weighted by molar-refractivity contribution is 5.79. The number of rotatable bonds is 11. The van der Waals surface area contributed by atoms with E-state index >= 15 is 0 Å². The van der Waals surface area contributed by atoms with Crippen LogP contribution in [0.5, 0.6) is 5.75 Å². The van der Waals surface area contributed by atoms with E-state index < -0.39 is 0 Å². The number of aromatic nitrogens is 1. The van der Waals surface area contributed by atoms with Crippen LogP contribution in [0, 0.1) is 0 Å². The first kappa shape index (κ1) is 23.6. The molecule has 1 aromatic heterocycles. The van der Waals surface area contributed by atoms with Gasteiger partial charge in [-0.1, -0.05) is 26.2 Å². The SMILES string of the molecule is CCCCO[C@H]1CCCC[C@@H]1N(C(=O)NCCCOc1ccc2[nH]c(=O)ccc2c1)C1CC1. The fourth-order valence-corrected chi connectivity index (χ4v) is 4.68. The number of hydrogen-bond donors (Lipinski definition) is 2. The average Bonchev–Trinajstić information content (AvgIpc) is 3.65. The van der Waals surface area contributed by atoms with Crippen molar-refractivity contribution in [2.45, 2.75) is 82.9 Å². The largest absolute Gasteiger partial charge is 0.494 e. The van der Waals surface area contributed by atoms with E-state index in [-0.39, 0.29) is 23.7 Å². The first-order valence-electron chi connectivity index (χ1n) is 12.6. The lowest BCUT2D eigenvalue weighted by molar-refractivity contribution is -0.0277. The summed E-state index contributed by atoms with van der Waals surface area (Å²) in [6.07, 6.45) is 9.76. The Kier molecular flexibility index (Phi) is 8.26. The van der Waals surface area contributed by atoms with Crippen LogP contribution in [0.15, 0.2) is 35.1 Å². The van der Waals surface area contributed by atoms with Crippen molar-refractivity contribution in [1.29, 1.82) is 0 Å². The van der Waals surface area contributed by atoms with Crippen molar-refractivity contribution in [3.63, 3.8) is 0 Å². The molecule has 2 fully saturated rings. The molecule has 7 nitrogen and oxygen atoms in total. The average molecular weight is 456 g/mol. The third-order valence-corrected chi connectivity index (χ3v) is 6.59. The number of unbranched alkanes of at least 4 members (excludes halogenated alkanes) is 1. The second-order valence-corrected chi connectivity index (χ2v) is 9.26. The van der Waals surface area contributed by atoms with Crippen LogP contribution in [0.1, 0.15) is 64.7 Å². The highest BCUT2D eigenvalue weighted by Crippen LogP contribution is 2.35. The number of ether oxygens (including phenoxy) is 2. The highest BCUT2D eigenvalue weighted by Gasteiger charge is 2.41. The number of carbonyl (C=O) groups excluding carboxylic acids is 1. The predicted molar refractivity (Wildman–Crippen MR) is 130 cm³/mol. The Morgan fingerprint density at radius 3 is 2.76 bits per heavy atom. The molecular formula is C26H37N3O4. The molecule has 0 spiro atoms. The van der Waals surface area contributed by atoms with Crippen LogP contribution in [0.25, 0.3) is 10.9 Å². The summed E-state index contributed by atoms with van der Waals surface area (Å²) in [6, 6.07) is 9.53. The monoisotopic (exact) mass is 455 g/mol. The number of pyridine rings is 1. The van der Waals surface area contributed by atoms with Gasteiger partial charge in [0.25, 0.3) is 0 Å². The van der Waals surface area contributed by atoms with E-state index in [1.165, 1.54) is 18.9 Å². The van der Waals surface area contributed by atoms with Crippen molar-refractivity contribution in [1.82, 2.24) is 15.2 Å². The number of nitrogens with zero attached hydrogens (tertiary/aromatic N) is 1. The first-order valence-corrected chi connectivity index (χ1v) is 12.6. The summed E-state index contributed by atoms with van der Waals surface area (Å²) in [5, 5.41) is 4.06. The number of hydrogen-bond acceptors (Lipinski definition) is 4. The molecule has 2 aliphatic rings. The van der Waals surface area contributed by atoms with Crippen LogP contribution >= 0.6 is 0 Å². The quantitative estimate of drug-likeness (QED) is 0.485. The van der Waals surface area contributed by atoms with Crippen molar-refractivity contribution in [3.8, 4) is 5.75 Å². The lowest BCUT2D eigenvalue weighted by atomic mass is 9.91. The fraction of sp³-hybridized carbons (Fsp3) is 0.615. The number of fused-ring (bicyclic) bond motifs is 1. The molecular weight excluding hydrogens is 418 g/mol. The van der Waals surface area contributed by atoms with Gasteiger partial charge in [-0.15, -0.1) is 0 Å². The van der Waals surface area contributed by atoms with Gasteiger partial charge in [-0.2, -0.15) is 0 Å². The van der Waals surface area contributed by atoms with Crippen LogP contribution in [-0.4, -0.2) is 53.9 Å². The van der Waals surface area contributed by atoms with Crippen LogP contribution in [-0.2, 0) is 4.74 Å². The Labute approximate surface area is 195 Å². The Morgan fingerprint density at radius 1 is 1.09 bits per heavy atom. The van der Waals surface area contributed by atoms with Crippen LogP contribution in [0.4, 0.5) is 4.79 Å². The van der Waals surface area contributed by atoms with Crippen molar-refractivity contribution in [2.24, 2.45) is 0 Å². The van der Waals surface area contributed by atoms with Gasteiger partial charge in [0.1, 0.15) is 5.75 Å². The maximum absolute atomic E-state index is 13.1. The van der Waals surface area contributed by atoms with E-state index in [4.69, 9.17) is 9.47 Å². The lowest BCUT2D eigenvalue weighted by Gasteiger charge is -2.40. The molecule has 4 rings (SSSR count). The van der Waals surface area contributed by atoms with Gasteiger partial charge < -0.3 is 24.7 Å². The Morgan fingerprint density at radius 2 is 1.94 bits per heavy atom. The number of urea groups is 1. The molecule has 33 heavy (non-hydrogen) atoms. The molecule has 2 aromatic rings. The minimum absolute atomic E-state index is 0.0446. The van der Waals surface area contributed by atoms with Gasteiger partial charge >= 0.3 is 6.03 Å². The van der Waals surface area contributed by atoms with Gasteiger partial charge in [-0.25, -0.2) is 4.79 Å². The molecule has 7 heteroatoms. The van der Waals surface area contributed by atoms with Gasteiger partial charge in [-0.3, -0.25) is 4.79 Å². The molecule has 0 radical (unpaired) electrons. The van der Waals surface area contributed by atoms with E-state index in [9.17, 15) is 9.59 Å². The second kappa shape index (κ2) is 11.5. The lowest BCUT2D eigenvalue weighted by Crippen LogP contribution is -2.54. The number of H-pyrrole nitrogens is 1. The Bertz CT molecular complexity index is 971. The number of benzene rings is 1. The van der Waals surface area contributed by atoms with Crippen molar-refractivity contribution in [2.75, 3.05) is 19.8 Å². The molecule has 180 valence electrons. The van der Waals surface area contributed by atoms with Crippen LogP contribution in [0.2, 0.25) is 0 Å². The zero-order valence-corrected chi connectivity index (χ0v) is 19.7. The van der Waals surface area contributed by atoms with Gasteiger partial charge in [0.05, 0.1) is 18.8 Å². The third kappa shape index (κ3) is 6.50. The number of nitrogens with one attached hydrogen (secondary N) is 2. The molecule has 2 aliphatic carbocycles. The molecule has 0 aliphatic heterocycles. The minimum Gasteiger partial charge on any atom is -0.494 e. The molecule has 2 N–H and O–H groups in total. The van der Waals surface area contributed by atoms with E-state index in [1.54, 1.807) is 6.07 Å².